The topological polar surface area (TPSA) is 56.4 Å². The van der Waals surface area contributed by atoms with Gasteiger partial charge in [-0.3, -0.25) is 4.98 Å². The van der Waals surface area contributed by atoms with Crippen molar-refractivity contribution in [1.29, 1.82) is 0 Å². The van der Waals surface area contributed by atoms with E-state index in [1.165, 1.54) is 0 Å². The van der Waals surface area contributed by atoms with E-state index in [0.717, 1.165) is 22.3 Å². The number of methoxy groups -OCH3 is 2. The third kappa shape index (κ3) is 2.83. The number of aromatic nitrogens is 2. The van der Waals surface area contributed by atoms with Crippen molar-refractivity contribution in [3.05, 3.63) is 48.4 Å². The third-order valence-electron chi connectivity index (χ3n) is 3.14. The summed E-state index contributed by atoms with van der Waals surface area (Å²) in [7, 11) is 3.28. The molecule has 0 radical (unpaired) electrons. The number of ether oxygens (including phenoxy) is 3. The van der Waals surface area contributed by atoms with E-state index >= 15 is 0 Å². The van der Waals surface area contributed by atoms with Crippen molar-refractivity contribution in [3.8, 4) is 17.2 Å². The van der Waals surface area contributed by atoms with Crippen molar-refractivity contribution in [3.63, 3.8) is 0 Å². The zero-order valence-electron chi connectivity index (χ0n) is 11.9. The largest absolute Gasteiger partial charge is 0.494 e. The predicted octanol–water partition coefficient (Wildman–Crippen LogP) is 3.51. The highest BCUT2D eigenvalue weighted by Gasteiger charge is 2.07. The maximum Gasteiger partial charge on any atom is 0.146 e. The lowest BCUT2D eigenvalue weighted by Gasteiger charge is -2.09. The number of hydrogen-bond acceptors (Lipinski definition) is 4. The number of nitrogens with one attached hydrogen (secondary N) is 1. The van der Waals surface area contributed by atoms with Crippen LogP contribution in [0.2, 0.25) is 0 Å². The summed E-state index contributed by atoms with van der Waals surface area (Å²) >= 11 is 0. The average Bonchev–Trinajstić information content (AvgIpc) is 2.97. The first kappa shape index (κ1) is 13.5. The van der Waals surface area contributed by atoms with E-state index < -0.39 is 0 Å². The first-order valence-electron chi connectivity index (χ1n) is 6.57. The van der Waals surface area contributed by atoms with E-state index in [9.17, 15) is 0 Å². The van der Waals surface area contributed by atoms with Crippen molar-refractivity contribution in [2.75, 3.05) is 14.2 Å². The predicted molar refractivity (Wildman–Crippen MR) is 79.9 cm³/mol. The zero-order chi connectivity index (χ0) is 14.7. The molecule has 3 rings (SSSR count). The van der Waals surface area contributed by atoms with E-state index in [1.807, 2.05) is 36.5 Å². The second-order valence-corrected chi connectivity index (χ2v) is 4.59. The Morgan fingerprint density at radius 1 is 1.10 bits per heavy atom. The normalized spacial score (nSPS) is 10.8. The molecule has 0 fully saturated rings. The number of nitrogens with zero attached hydrogens (tertiary/aromatic N) is 1. The molecule has 2 aromatic heterocycles. The van der Waals surface area contributed by atoms with E-state index in [-0.39, 0.29) is 0 Å². The van der Waals surface area contributed by atoms with Crippen LogP contribution in [0.3, 0.4) is 0 Å². The number of aromatic amines is 1. The molecular weight excluding hydrogens is 268 g/mol. The molecule has 0 saturated carbocycles. The van der Waals surface area contributed by atoms with Crippen LogP contribution in [0.1, 0.15) is 5.69 Å². The number of benzene rings is 1. The first-order chi connectivity index (χ1) is 10.3. The summed E-state index contributed by atoms with van der Waals surface area (Å²) in [5, 5.41) is 1.04. The maximum atomic E-state index is 5.83. The fourth-order valence-corrected chi connectivity index (χ4v) is 2.17. The molecular formula is C16H16N2O3. The lowest BCUT2D eigenvalue weighted by atomic mass is 10.2. The molecule has 1 aromatic carbocycles. The van der Waals surface area contributed by atoms with Gasteiger partial charge in [0.2, 0.25) is 0 Å². The van der Waals surface area contributed by atoms with Crippen LogP contribution < -0.4 is 9.47 Å². The fraction of sp³-hybridized carbons (Fsp3) is 0.188. The Hall–Kier alpha value is -2.53. The second kappa shape index (κ2) is 5.85. The van der Waals surface area contributed by atoms with Gasteiger partial charge in [-0.2, -0.15) is 0 Å². The summed E-state index contributed by atoms with van der Waals surface area (Å²) < 4.78 is 16.2. The Labute approximate surface area is 122 Å². The van der Waals surface area contributed by atoms with Gasteiger partial charge >= 0.3 is 0 Å². The highest BCUT2D eigenvalue weighted by Crippen LogP contribution is 2.32. The van der Waals surface area contributed by atoms with Gasteiger partial charge in [-0.25, -0.2) is 0 Å². The summed E-state index contributed by atoms with van der Waals surface area (Å²) in [6, 6.07) is 9.53. The lowest BCUT2D eigenvalue weighted by molar-refractivity contribution is 0.181. The summed E-state index contributed by atoms with van der Waals surface area (Å²) in [6.07, 6.45) is 3.56. The van der Waals surface area contributed by atoms with Crippen molar-refractivity contribution in [2.45, 2.75) is 6.61 Å². The highest BCUT2D eigenvalue weighted by atomic mass is 16.5. The Morgan fingerprint density at radius 3 is 2.71 bits per heavy atom. The molecule has 0 amide bonds. The molecule has 3 aromatic rings. The van der Waals surface area contributed by atoms with E-state index in [1.54, 1.807) is 20.4 Å². The Kier molecular flexibility index (Phi) is 3.75. The number of rotatable bonds is 5. The third-order valence-corrected chi connectivity index (χ3v) is 3.14. The van der Waals surface area contributed by atoms with Gasteiger partial charge in [0.05, 0.1) is 31.1 Å². The number of hydrogen-bond donors (Lipinski definition) is 1. The molecule has 5 nitrogen and oxygen atoms in total. The Balaban J connectivity index is 1.86. The minimum atomic E-state index is 0.489. The molecule has 0 atom stereocenters. The van der Waals surface area contributed by atoms with Crippen LogP contribution in [-0.2, 0) is 11.3 Å². The Morgan fingerprint density at radius 2 is 2.00 bits per heavy atom. The zero-order valence-corrected chi connectivity index (χ0v) is 11.9. The monoisotopic (exact) mass is 284 g/mol. The molecule has 0 spiro atoms. The number of fused-ring (bicyclic) bond motifs is 1. The average molecular weight is 284 g/mol. The molecule has 0 saturated heterocycles. The fourth-order valence-electron chi connectivity index (χ4n) is 2.17. The van der Waals surface area contributed by atoms with Crippen molar-refractivity contribution < 1.29 is 14.2 Å². The summed E-state index contributed by atoms with van der Waals surface area (Å²) in [5.41, 5.74) is 1.82. The van der Waals surface area contributed by atoms with Gasteiger partial charge in [0.25, 0.3) is 0 Å². The minimum absolute atomic E-state index is 0.489. The van der Waals surface area contributed by atoms with Crippen LogP contribution in [0, 0.1) is 0 Å². The molecule has 5 heteroatoms. The van der Waals surface area contributed by atoms with Gasteiger partial charge in [0.15, 0.2) is 0 Å². The highest BCUT2D eigenvalue weighted by molar-refractivity contribution is 5.86. The maximum absolute atomic E-state index is 5.83. The minimum Gasteiger partial charge on any atom is -0.494 e. The number of pyridine rings is 1. The Bertz CT molecular complexity index is 735. The van der Waals surface area contributed by atoms with E-state index in [0.29, 0.717) is 18.1 Å². The molecule has 0 unspecified atom stereocenters. The van der Waals surface area contributed by atoms with Crippen molar-refractivity contribution in [2.24, 2.45) is 0 Å². The van der Waals surface area contributed by atoms with Gasteiger partial charge in [0.1, 0.15) is 17.2 Å². The van der Waals surface area contributed by atoms with Crippen LogP contribution >= 0.6 is 0 Å². The van der Waals surface area contributed by atoms with Crippen LogP contribution in [0.25, 0.3) is 10.9 Å². The van der Waals surface area contributed by atoms with Crippen molar-refractivity contribution in [1.82, 2.24) is 9.97 Å². The molecule has 21 heavy (non-hydrogen) atoms. The molecule has 0 aliphatic rings. The number of H-pyrrole nitrogens is 1. The van der Waals surface area contributed by atoms with Gasteiger partial charge in [-0.1, -0.05) is 0 Å². The smallest absolute Gasteiger partial charge is 0.146 e. The summed E-state index contributed by atoms with van der Waals surface area (Å²) in [5.74, 6) is 2.13. The van der Waals surface area contributed by atoms with Crippen LogP contribution in [0.15, 0.2) is 42.7 Å². The van der Waals surface area contributed by atoms with Crippen molar-refractivity contribution >= 4 is 10.9 Å². The molecule has 0 bridgehead atoms. The van der Waals surface area contributed by atoms with Gasteiger partial charge in [-0.15, -0.1) is 0 Å². The summed E-state index contributed by atoms with van der Waals surface area (Å²) in [4.78, 5) is 7.42. The SMILES string of the molecule is COCc1ccc(Oc2cc(OC)c3[nH]ccc3c2)cn1. The lowest BCUT2D eigenvalue weighted by Crippen LogP contribution is -1.93. The second-order valence-electron chi connectivity index (χ2n) is 4.59. The van der Waals surface area contributed by atoms with E-state index in [4.69, 9.17) is 14.2 Å². The van der Waals surface area contributed by atoms with Gasteiger partial charge in [-0.05, 0) is 24.3 Å². The molecule has 1 N–H and O–H groups in total. The van der Waals surface area contributed by atoms with Crippen LogP contribution in [0.5, 0.6) is 17.2 Å². The molecule has 0 aliphatic heterocycles. The standard InChI is InChI=1S/C16H16N2O3/c1-19-10-12-3-4-13(9-18-12)21-14-7-11-5-6-17-16(11)15(8-14)20-2/h3-9,17H,10H2,1-2H3. The first-order valence-corrected chi connectivity index (χ1v) is 6.57. The van der Waals surface area contributed by atoms with Gasteiger partial charge < -0.3 is 19.2 Å². The molecule has 108 valence electrons. The van der Waals surface area contributed by atoms with Crippen LogP contribution in [0.4, 0.5) is 0 Å². The quantitative estimate of drug-likeness (QED) is 0.779. The molecule has 2 heterocycles. The summed E-state index contributed by atoms with van der Waals surface area (Å²) in [6.45, 7) is 0.489. The van der Waals surface area contributed by atoms with Gasteiger partial charge in [0, 0.05) is 24.8 Å². The molecule has 0 aliphatic carbocycles. The van der Waals surface area contributed by atoms with E-state index in [2.05, 4.69) is 9.97 Å². The van der Waals surface area contributed by atoms with Crippen LogP contribution in [-0.4, -0.2) is 24.2 Å².